The van der Waals surface area contributed by atoms with Crippen LogP contribution in [-0.2, 0) is 0 Å². The van der Waals surface area contributed by atoms with Gasteiger partial charge in [0.15, 0.2) is 0 Å². The molecular weight excluding hydrogens is 310 g/mol. The van der Waals surface area contributed by atoms with Gasteiger partial charge < -0.3 is 10.5 Å². The van der Waals surface area contributed by atoms with Crippen LogP contribution in [0.15, 0.2) is 41.9 Å². The number of carboxylic acid groups (broad SMARTS) is 1. The van der Waals surface area contributed by atoms with Crippen molar-refractivity contribution in [2.75, 3.05) is 10.9 Å². The molecule has 21 heavy (non-hydrogen) atoms. The van der Waals surface area contributed by atoms with Gasteiger partial charge in [-0.25, -0.2) is 4.79 Å². The summed E-state index contributed by atoms with van der Waals surface area (Å²) in [7, 11) is 0. The Kier molecular flexibility index (Phi) is 3.64. The number of fused-ring (bicyclic) bond motifs is 1. The molecule has 2 heterocycles. The zero-order valence-corrected chi connectivity index (χ0v) is 12.2. The molecule has 0 fully saturated rings. The standard InChI is InChI=1S/C14H10ClN3O2S/c15-8-1-3-9(4-2-8)17-18-12-10(14(19)20)7-16-11-5-6-21-13(11)12/h1-7,17H,(H,16,18)(H,19,20). The van der Waals surface area contributed by atoms with Crippen molar-refractivity contribution in [3.05, 3.63) is 52.5 Å². The summed E-state index contributed by atoms with van der Waals surface area (Å²) in [5.74, 6) is -1.03. The van der Waals surface area contributed by atoms with Crippen molar-refractivity contribution in [2.24, 2.45) is 0 Å². The minimum absolute atomic E-state index is 0.117. The number of carbonyl (C=O) groups is 1. The number of nitrogens with one attached hydrogen (secondary N) is 2. The molecule has 0 saturated heterocycles. The normalized spacial score (nSPS) is 10.5. The van der Waals surface area contributed by atoms with E-state index in [0.717, 1.165) is 15.9 Å². The van der Waals surface area contributed by atoms with E-state index in [9.17, 15) is 9.90 Å². The third kappa shape index (κ3) is 2.76. The zero-order chi connectivity index (χ0) is 14.8. The summed E-state index contributed by atoms with van der Waals surface area (Å²) in [4.78, 5) is 15.5. The Balaban J connectivity index is 1.94. The summed E-state index contributed by atoms with van der Waals surface area (Å²) >= 11 is 7.26. The van der Waals surface area contributed by atoms with Crippen molar-refractivity contribution in [2.45, 2.75) is 0 Å². The average molecular weight is 320 g/mol. The molecule has 3 N–H and O–H groups in total. The van der Waals surface area contributed by atoms with E-state index in [1.54, 1.807) is 24.3 Å². The second kappa shape index (κ2) is 5.59. The molecule has 0 aliphatic carbocycles. The molecule has 2 aromatic heterocycles. The largest absolute Gasteiger partial charge is 0.478 e. The number of halogens is 1. The Morgan fingerprint density at radius 2 is 1.95 bits per heavy atom. The number of rotatable bonds is 4. The molecule has 0 atom stereocenters. The van der Waals surface area contributed by atoms with Crippen LogP contribution in [0.25, 0.3) is 10.2 Å². The maximum atomic E-state index is 11.3. The monoisotopic (exact) mass is 319 g/mol. The molecule has 5 nitrogen and oxygen atoms in total. The first kappa shape index (κ1) is 13.7. The van der Waals surface area contributed by atoms with Crippen LogP contribution in [0.1, 0.15) is 10.4 Å². The number of anilines is 2. The van der Waals surface area contributed by atoms with E-state index >= 15 is 0 Å². The quantitative estimate of drug-likeness (QED) is 0.632. The van der Waals surface area contributed by atoms with Crippen LogP contribution in [-0.4, -0.2) is 16.1 Å². The molecule has 3 rings (SSSR count). The van der Waals surface area contributed by atoms with E-state index in [0.29, 0.717) is 10.7 Å². The molecule has 0 aliphatic heterocycles. The molecular formula is C14H10ClN3O2S. The molecule has 0 saturated carbocycles. The van der Waals surface area contributed by atoms with Crippen molar-refractivity contribution >= 4 is 50.5 Å². The second-order valence-corrected chi connectivity index (χ2v) is 5.60. The summed E-state index contributed by atoms with van der Waals surface area (Å²) in [5, 5.41) is 11.8. The maximum Gasteiger partial charge on any atom is 0.339 e. The van der Waals surface area contributed by atoms with Crippen molar-refractivity contribution in [3.63, 3.8) is 0 Å². The second-order valence-electron chi connectivity index (χ2n) is 4.24. The van der Waals surface area contributed by atoms with Crippen LogP contribution < -0.4 is 10.9 Å². The SMILES string of the molecule is O=C(O)c1cnc2ccsc2c1NNc1ccc(Cl)cc1. The van der Waals surface area contributed by atoms with Gasteiger partial charge in [-0.2, -0.15) is 0 Å². The summed E-state index contributed by atoms with van der Waals surface area (Å²) in [5.41, 5.74) is 8.07. The summed E-state index contributed by atoms with van der Waals surface area (Å²) in [6, 6.07) is 8.93. The van der Waals surface area contributed by atoms with Gasteiger partial charge in [0.25, 0.3) is 0 Å². The van der Waals surface area contributed by atoms with Gasteiger partial charge in [0.1, 0.15) is 5.56 Å². The highest BCUT2D eigenvalue weighted by atomic mass is 35.5. The number of hydrazine groups is 1. The molecule has 0 aliphatic rings. The fourth-order valence-corrected chi connectivity index (χ4v) is 2.85. The highest BCUT2D eigenvalue weighted by Crippen LogP contribution is 2.30. The highest BCUT2D eigenvalue weighted by molar-refractivity contribution is 7.17. The number of nitrogens with zero attached hydrogens (tertiary/aromatic N) is 1. The van der Waals surface area contributed by atoms with Gasteiger partial charge in [0, 0.05) is 11.2 Å². The Labute approximate surface area is 129 Å². The lowest BCUT2D eigenvalue weighted by Gasteiger charge is -2.12. The van der Waals surface area contributed by atoms with Crippen LogP contribution >= 0.6 is 22.9 Å². The number of aromatic carboxylic acids is 1. The summed E-state index contributed by atoms with van der Waals surface area (Å²) < 4.78 is 0.788. The number of pyridine rings is 1. The summed E-state index contributed by atoms with van der Waals surface area (Å²) in [6.07, 6.45) is 1.35. The average Bonchev–Trinajstić information content (AvgIpc) is 2.94. The maximum absolute atomic E-state index is 11.3. The molecule has 0 amide bonds. The minimum Gasteiger partial charge on any atom is -0.478 e. The van der Waals surface area contributed by atoms with Gasteiger partial charge >= 0.3 is 5.97 Å². The smallest absolute Gasteiger partial charge is 0.339 e. The van der Waals surface area contributed by atoms with E-state index in [1.165, 1.54) is 17.5 Å². The van der Waals surface area contributed by atoms with Crippen molar-refractivity contribution in [1.82, 2.24) is 4.98 Å². The lowest BCUT2D eigenvalue weighted by Crippen LogP contribution is -2.13. The van der Waals surface area contributed by atoms with Crippen LogP contribution in [0, 0.1) is 0 Å². The number of hydrogen-bond acceptors (Lipinski definition) is 5. The fourth-order valence-electron chi connectivity index (χ4n) is 1.87. The number of benzene rings is 1. The van der Waals surface area contributed by atoms with Crippen LogP contribution in [0.3, 0.4) is 0 Å². The summed E-state index contributed by atoms with van der Waals surface area (Å²) in [6.45, 7) is 0. The van der Waals surface area contributed by atoms with E-state index in [2.05, 4.69) is 15.8 Å². The van der Waals surface area contributed by atoms with Crippen LogP contribution in [0.5, 0.6) is 0 Å². The zero-order valence-electron chi connectivity index (χ0n) is 10.6. The van der Waals surface area contributed by atoms with Crippen molar-refractivity contribution in [1.29, 1.82) is 0 Å². The number of carboxylic acids is 1. The van der Waals surface area contributed by atoms with Gasteiger partial charge in [0.2, 0.25) is 0 Å². The number of thiophene rings is 1. The molecule has 106 valence electrons. The van der Waals surface area contributed by atoms with E-state index in [-0.39, 0.29) is 5.56 Å². The van der Waals surface area contributed by atoms with Gasteiger partial charge in [-0.1, -0.05) is 11.6 Å². The van der Waals surface area contributed by atoms with Gasteiger partial charge in [0.05, 0.1) is 21.6 Å². The third-order valence-electron chi connectivity index (χ3n) is 2.88. The fraction of sp³-hybridized carbons (Fsp3) is 0. The van der Waals surface area contributed by atoms with E-state index < -0.39 is 5.97 Å². The molecule has 1 aromatic carbocycles. The predicted octanol–water partition coefficient (Wildman–Crippen LogP) is 4.09. The van der Waals surface area contributed by atoms with Gasteiger partial charge in [-0.15, -0.1) is 11.3 Å². The lowest BCUT2D eigenvalue weighted by molar-refractivity contribution is 0.0697. The van der Waals surface area contributed by atoms with Gasteiger partial charge in [-0.05, 0) is 35.7 Å². The van der Waals surface area contributed by atoms with Crippen LogP contribution in [0.4, 0.5) is 11.4 Å². The first-order chi connectivity index (χ1) is 10.1. The molecule has 3 aromatic rings. The Hall–Kier alpha value is -2.31. The molecule has 0 radical (unpaired) electrons. The Bertz CT molecular complexity index is 802. The van der Waals surface area contributed by atoms with Crippen molar-refractivity contribution in [3.8, 4) is 0 Å². The number of aromatic nitrogens is 1. The highest BCUT2D eigenvalue weighted by Gasteiger charge is 2.15. The topological polar surface area (TPSA) is 74.2 Å². The lowest BCUT2D eigenvalue weighted by atomic mass is 10.2. The van der Waals surface area contributed by atoms with Crippen molar-refractivity contribution < 1.29 is 9.90 Å². The first-order valence-corrected chi connectivity index (χ1v) is 7.28. The van der Waals surface area contributed by atoms with E-state index in [1.807, 2.05) is 11.4 Å². The molecule has 0 unspecified atom stereocenters. The van der Waals surface area contributed by atoms with Gasteiger partial charge in [-0.3, -0.25) is 10.4 Å². The first-order valence-electron chi connectivity index (χ1n) is 6.02. The number of hydrogen-bond donors (Lipinski definition) is 3. The Morgan fingerprint density at radius 3 is 2.67 bits per heavy atom. The van der Waals surface area contributed by atoms with E-state index in [4.69, 9.17) is 11.6 Å². The Morgan fingerprint density at radius 1 is 1.19 bits per heavy atom. The van der Waals surface area contributed by atoms with Crippen LogP contribution in [0.2, 0.25) is 5.02 Å². The molecule has 7 heteroatoms. The third-order valence-corrected chi connectivity index (χ3v) is 4.05. The molecule has 0 bridgehead atoms. The minimum atomic E-state index is -1.03. The predicted molar refractivity (Wildman–Crippen MR) is 85.3 cm³/mol. The molecule has 0 spiro atoms.